The number of amides is 2. The monoisotopic (exact) mass is 268 g/mol. The fraction of sp³-hybridized carbons (Fsp3) is 0.857. The van der Waals surface area contributed by atoms with Crippen LogP contribution < -0.4 is 0 Å². The van der Waals surface area contributed by atoms with E-state index in [4.69, 9.17) is 4.74 Å². The van der Waals surface area contributed by atoms with Crippen molar-refractivity contribution in [1.29, 1.82) is 0 Å². The molecule has 108 valence electrons. The smallest absolute Gasteiger partial charge is 0.246 e. The predicted octanol–water partition coefficient (Wildman–Crippen LogP) is 1.02. The van der Waals surface area contributed by atoms with E-state index < -0.39 is 0 Å². The van der Waals surface area contributed by atoms with Gasteiger partial charge in [0.1, 0.15) is 12.1 Å². The van der Waals surface area contributed by atoms with Crippen LogP contribution in [0.2, 0.25) is 0 Å². The third-order valence-corrected chi connectivity index (χ3v) is 3.94. The molecular formula is C14H24N2O3. The van der Waals surface area contributed by atoms with Crippen molar-refractivity contribution < 1.29 is 14.3 Å². The van der Waals surface area contributed by atoms with Gasteiger partial charge in [-0.25, -0.2) is 0 Å². The minimum Gasteiger partial charge on any atom is -0.377 e. The van der Waals surface area contributed by atoms with Crippen molar-refractivity contribution in [2.24, 2.45) is 0 Å². The Hall–Kier alpha value is -1.10. The molecule has 0 N–H and O–H groups in total. The SMILES string of the molecule is CCC1C(=O)N2CCCC2C(=O)N1CCOC(C)C. The van der Waals surface area contributed by atoms with Gasteiger partial charge in [-0.1, -0.05) is 6.92 Å². The first-order valence-corrected chi connectivity index (χ1v) is 7.28. The van der Waals surface area contributed by atoms with Crippen molar-refractivity contribution in [3.05, 3.63) is 0 Å². The summed E-state index contributed by atoms with van der Waals surface area (Å²) in [6.07, 6.45) is 2.58. The first kappa shape index (κ1) is 14.3. The molecule has 2 aliphatic heterocycles. The zero-order chi connectivity index (χ0) is 14.0. The maximum Gasteiger partial charge on any atom is 0.246 e. The molecule has 0 aromatic rings. The number of carbonyl (C=O) groups excluding carboxylic acids is 2. The van der Waals surface area contributed by atoms with Crippen molar-refractivity contribution in [1.82, 2.24) is 9.80 Å². The van der Waals surface area contributed by atoms with Crippen molar-refractivity contribution in [3.63, 3.8) is 0 Å². The number of fused-ring (bicyclic) bond motifs is 1. The molecule has 2 unspecified atom stereocenters. The normalized spacial score (nSPS) is 27.4. The van der Waals surface area contributed by atoms with Gasteiger partial charge in [-0.3, -0.25) is 9.59 Å². The maximum absolute atomic E-state index is 12.5. The lowest BCUT2D eigenvalue weighted by atomic mass is 10.0. The van der Waals surface area contributed by atoms with E-state index in [2.05, 4.69) is 0 Å². The van der Waals surface area contributed by atoms with Crippen molar-refractivity contribution >= 4 is 11.8 Å². The number of piperazine rings is 1. The van der Waals surface area contributed by atoms with Crippen molar-refractivity contribution in [3.8, 4) is 0 Å². The van der Waals surface area contributed by atoms with Crippen molar-refractivity contribution in [2.75, 3.05) is 19.7 Å². The van der Waals surface area contributed by atoms with E-state index in [1.165, 1.54) is 0 Å². The summed E-state index contributed by atoms with van der Waals surface area (Å²) in [5.41, 5.74) is 0. The van der Waals surface area contributed by atoms with E-state index in [1.807, 2.05) is 20.8 Å². The molecule has 0 aromatic heterocycles. The van der Waals surface area contributed by atoms with Gasteiger partial charge in [-0.15, -0.1) is 0 Å². The Morgan fingerprint density at radius 2 is 2.05 bits per heavy atom. The molecule has 0 spiro atoms. The summed E-state index contributed by atoms with van der Waals surface area (Å²) in [4.78, 5) is 28.4. The van der Waals surface area contributed by atoms with E-state index in [0.29, 0.717) is 19.6 Å². The Morgan fingerprint density at radius 3 is 2.68 bits per heavy atom. The molecule has 0 aromatic carbocycles. The van der Waals surface area contributed by atoms with Gasteiger partial charge < -0.3 is 14.5 Å². The highest BCUT2D eigenvalue weighted by Crippen LogP contribution is 2.27. The second-order valence-corrected chi connectivity index (χ2v) is 5.56. The Labute approximate surface area is 114 Å². The van der Waals surface area contributed by atoms with Crippen LogP contribution in [0.25, 0.3) is 0 Å². The molecule has 2 saturated heterocycles. The number of ether oxygens (including phenoxy) is 1. The first-order chi connectivity index (χ1) is 9.06. The van der Waals surface area contributed by atoms with Gasteiger partial charge in [-0.2, -0.15) is 0 Å². The van der Waals surface area contributed by atoms with Crippen LogP contribution in [0.4, 0.5) is 0 Å². The lowest BCUT2D eigenvalue weighted by molar-refractivity contribution is -0.160. The summed E-state index contributed by atoms with van der Waals surface area (Å²) >= 11 is 0. The first-order valence-electron chi connectivity index (χ1n) is 7.28. The molecule has 0 radical (unpaired) electrons. The van der Waals surface area contributed by atoms with Crippen LogP contribution in [-0.2, 0) is 14.3 Å². The second kappa shape index (κ2) is 5.90. The Kier molecular flexibility index (Phi) is 4.45. The third-order valence-electron chi connectivity index (χ3n) is 3.94. The summed E-state index contributed by atoms with van der Waals surface area (Å²) in [5.74, 6) is 0.227. The topological polar surface area (TPSA) is 49.9 Å². The quantitative estimate of drug-likeness (QED) is 0.748. The summed E-state index contributed by atoms with van der Waals surface area (Å²) in [6, 6.07) is -0.507. The fourth-order valence-electron chi connectivity index (χ4n) is 3.00. The van der Waals surface area contributed by atoms with Gasteiger partial charge in [0.2, 0.25) is 11.8 Å². The summed E-state index contributed by atoms with van der Waals surface area (Å²) in [5, 5.41) is 0. The molecule has 2 fully saturated rings. The second-order valence-electron chi connectivity index (χ2n) is 5.56. The van der Waals surface area contributed by atoms with Gasteiger partial charge in [-0.05, 0) is 33.1 Å². The fourth-order valence-corrected chi connectivity index (χ4v) is 3.00. The standard InChI is InChI=1S/C14H24N2O3/c1-4-11-13(17)15-7-5-6-12(15)14(18)16(11)8-9-19-10(2)3/h10-12H,4-9H2,1-3H3. The highest BCUT2D eigenvalue weighted by Gasteiger charge is 2.46. The molecule has 19 heavy (non-hydrogen) atoms. The summed E-state index contributed by atoms with van der Waals surface area (Å²) in [6.45, 7) is 7.66. The van der Waals surface area contributed by atoms with Crippen LogP contribution in [0.3, 0.4) is 0 Å². The molecule has 0 saturated carbocycles. The van der Waals surface area contributed by atoms with Crippen LogP contribution >= 0.6 is 0 Å². The Balaban J connectivity index is 2.06. The van der Waals surface area contributed by atoms with Crippen LogP contribution in [0, 0.1) is 0 Å². The zero-order valence-electron chi connectivity index (χ0n) is 12.1. The average Bonchev–Trinajstić information content (AvgIpc) is 2.84. The molecule has 2 amide bonds. The van der Waals surface area contributed by atoms with E-state index in [1.54, 1.807) is 9.80 Å². The molecule has 0 aliphatic carbocycles. The number of rotatable bonds is 5. The summed E-state index contributed by atoms with van der Waals surface area (Å²) < 4.78 is 5.51. The number of carbonyl (C=O) groups is 2. The number of hydrogen-bond donors (Lipinski definition) is 0. The molecule has 2 heterocycles. The third kappa shape index (κ3) is 2.76. The minimum absolute atomic E-state index is 0.108. The van der Waals surface area contributed by atoms with Gasteiger partial charge >= 0.3 is 0 Å². The van der Waals surface area contributed by atoms with Crippen molar-refractivity contribution in [2.45, 2.75) is 58.2 Å². The number of nitrogens with zero attached hydrogens (tertiary/aromatic N) is 2. The molecule has 2 rings (SSSR count). The van der Waals surface area contributed by atoms with Crippen LogP contribution in [0.1, 0.15) is 40.0 Å². The predicted molar refractivity (Wildman–Crippen MR) is 71.6 cm³/mol. The molecule has 2 atom stereocenters. The van der Waals surface area contributed by atoms with Gasteiger partial charge in [0.25, 0.3) is 0 Å². The van der Waals surface area contributed by atoms with E-state index in [0.717, 1.165) is 19.4 Å². The largest absolute Gasteiger partial charge is 0.377 e. The van der Waals surface area contributed by atoms with Gasteiger partial charge in [0, 0.05) is 13.1 Å². The lowest BCUT2D eigenvalue weighted by Gasteiger charge is -2.42. The maximum atomic E-state index is 12.5. The van der Waals surface area contributed by atoms with Gasteiger partial charge in [0.05, 0.1) is 12.7 Å². The summed E-state index contributed by atoms with van der Waals surface area (Å²) in [7, 11) is 0. The lowest BCUT2D eigenvalue weighted by Crippen LogP contribution is -2.63. The highest BCUT2D eigenvalue weighted by molar-refractivity contribution is 5.97. The van der Waals surface area contributed by atoms with E-state index in [-0.39, 0.29) is 30.0 Å². The highest BCUT2D eigenvalue weighted by atomic mass is 16.5. The van der Waals surface area contributed by atoms with Crippen LogP contribution in [-0.4, -0.2) is 59.5 Å². The molecule has 5 nitrogen and oxygen atoms in total. The zero-order valence-corrected chi connectivity index (χ0v) is 12.1. The Morgan fingerprint density at radius 1 is 1.32 bits per heavy atom. The minimum atomic E-state index is -0.294. The van der Waals surface area contributed by atoms with E-state index >= 15 is 0 Å². The van der Waals surface area contributed by atoms with Gasteiger partial charge in [0.15, 0.2) is 0 Å². The van der Waals surface area contributed by atoms with Crippen LogP contribution in [0.5, 0.6) is 0 Å². The average molecular weight is 268 g/mol. The number of hydrogen-bond acceptors (Lipinski definition) is 3. The molecule has 5 heteroatoms. The molecular weight excluding hydrogens is 244 g/mol. The molecule has 2 aliphatic rings. The van der Waals surface area contributed by atoms with Crippen LogP contribution in [0.15, 0.2) is 0 Å². The molecule has 0 bridgehead atoms. The van der Waals surface area contributed by atoms with E-state index in [9.17, 15) is 9.59 Å². The Bertz CT molecular complexity index is 357.